The van der Waals surface area contributed by atoms with Gasteiger partial charge in [0.25, 0.3) is 0 Å². The van der Waals surface area contributed by atoms with Crippen LogP contribution in [-0.2, 0) is 11.2 Å². The van der Waals surface area contributed by atoms with Crippen molar-refractivity contribution >= 4 is 5.97 Å². The molecule has 1 atom stereocenters. The Kier molecular flexibility index (Phi) is 7.26. The van der Waals surface area contributed by atoms with Crippen LogP contribution in [-0.4, -0.2) is 35.4 Å². The van der Waals surface area contributed by atoms with Crippen molar-refractivity contribution in [1.29, 1.82) is 0 Å². The molecule has 112 valence electrons. The largest absolute Gasteiger partial charge is 0.481 e. The van der Waals surface area contributed by atoms with E-state index < -0.39 is 5.97 Å². The van der Waals surface area contributed by atoms with Gasteiger partial charge in [-0.05, 0) is 36.4 Å². The van der Waals surface area contributed by atoms with Gasteiger partial charge in [-0.25, -0.2) is 0 Å². The molecule has 0 bridgehead atoms. The summed E-state index contributed by atoms with van der Waals surface area (Å²) in [5, 5.41) is 20.9. The van der Waals surface area contributed by atoms with Crippen LogP contribution in [0.5, 0.6) is 0 Å². The van der Waals surface area contributed by atoms with Gasteiger partial charge in [0, 0.05) is 12.6 Å². The number of rotatable bonds is 9. The van der Waals surface area contributed by atoms with Gasteiger partial charge in [-0.1, -0.05) is 38.1 Å². The molecular weight excluding hydrogens is 254 g/mol. The lowest BCUT2D eigenvalue weighted by Crippen LogP contribution is -2.34. The number of aliphatic hydroxyl groups is 1. The minimum atomic E-state index is -0.801. The first-order valence-corrected chi connectivity index (χ1v) is 7.17. The van der Waals surface area contributed by atoms with E-state index in [-0.39, 0.29) is 19.1 Å². The molecule has 0 amide bonds. The van der Waals surface area contributed by atoms with Crippen LogP contribution < -0.4 is 5.32 Å². The molecule has 1 rings (SSSR count). The lowest BCUT2D eigenvalue weighted by molar-refractivity contribution is -0.137. The second kappa shape index (κ2) is 8.72. The van der Waals surface area contributed by atoms with E-state index in [9.17, 15) is 4.79 Å². The van der Waals surface area contributed by atoms with Crippen LogP contribution in [0.2, 0.25) is 0 Å². The fourth-order valence-corrected chi connectivity index (χ4v) is 2.14. The second-order valence-electron chi connectivity index (χ2n) is 5.43. The molecule has 4 heteroatoms. The van der Waals surface area contributed by atoms with Gasteiger partial charge in [0.2, 0.25) is 0 Å². The van der Waals surface area contributed by atoms with Gasteiger partial charge < -0.3 is 15.5 Å². The van der Waals surface area contributed by atoms with E-state index >= 15 is 0 Å². The predicted molar refractivity (Wildman–Crippen MR) is 80.0 cm³/mol. The van der Waals surface area contributed by atoms with Gasteiger partial charge in [0.1, 0.15) is 0 Å². The maximum atomic E-state index is 10.9. The lowest BCUT2D eigenvalue weighted by Gasteiger charge is -2.17. The summed E-state index contributed by atoms with van der Waals surface area (Å²) in [5.41, 5.74) is 2.42. The normalized spacial score (nSPS) is 12.6. The van der Waals surface area contributed by atoms with E-state index in [1.54, 1.807) is 0 Å². The highest BCUT2D eigenvalue weighted by atomic mass is 16.4. The Balaban J connectivity index is 2.60. The Morgan fingerprint density at radius 3 is 2.40 bits per heavy atom. The number of carboxylic acids is 1. The number of carbonyl (C=O) groups is 1. The van der Waals surface area contributed by atoms with E-state index in [1.165, 1.54) is 5.56 Å². The third-order valence-corrected chi connectivity index (χ3v) is 3.32. The highest BCUT2D eigenvalue weighted by molar-refractivity contribution is 5.67. The van der Waals surface area contributed by atoms with Gasteiger partial charge in [0.15, 0.2) is 0 Å². The first kappa shape index (κ1) is 16.7. The van der Waals surface area contributed by atoms with Crippen LogP contribution in [0.3, 0.4) is 0 Å². The van der Waals surface area contributed by atoms with Gasteiger partial charge in [0.05, 0.1) is 6.42 Å². The standard InChI is InChI=1S/C16H25NO3/c1-12(2)14-6-4-13(5-7-14)10-15(11-16(19)20)17-8-3-9-18/h4-7,12,15,17-18H,3,8-11H2,1-2H3,(H,19,20). The molecular formula is C16H25NO3. The molecule has 1 aromatic rings. The highest BCUT2D eigenvalue weighted by Crippen LogP contribution is 2.16. The molecule has 0 saturated carbocycles. The number of benzene rings is 1. The second-order valence-corrected chi connectivity index (χ2v) is 5.43. The highest BCUT2D eigenvalue weighted by Gasteiger charge is 2.13. The Morgan fingerprint density at radius 1 is 1.25 bits per heavy atom. The molecule has 0 aromatic heterocycles. The van der Waals surface area contributed by atoms with E-state index in [2.05, 4.69) is 43.4 Å². The summed E-state index contributed by atoms with van der Waals surface area (Å²) in [4.78, 5) is 10.9. The molecule has 0 spiro atoms. The Hall–Kier alpha value is -1.39. The topological polar surface area (TPSA) is 69.6 Å². The van der Waals surface area contributed by atoms with Crippen molar-refractivity contribution in [1.82, 2.24) is 5.32 Å². The third-order valence-electron chi connectivity index (χ3n) is 3.32. The smallest absolute Gasteiger partial charge is 0.304 e. The number of hydrogen-bond acceptors (Lipinski definition) is 3. The average Bonchev–Trinajstić information content (AvgIpc) is 2.38. The van der Waals surface area contributed by atoms with Crippen molar-refractivity contribution in [2.24, 2.45) is 0 Å². The van der Waals surface area contributed by atoms with Crippen molar-refractivity contribution in [2.45, 2.75) is 45.1 Å². The summed E-state index contributed by atoms with van der Waals surface area (Å²) in [6.07, 6.45) is 1.43. The van der Waals surface area contributed by atoms with Crippen molar-refractivity contribution in [2.75, 3.05) is 13.2 Å². The van der Waals surface area contributed by atoms with Crippen LogP contribution >= 0.6 is 0 Å². The van der Waals surface area contributed by atoms with Gasteiger partial charge in [-0.2, -0.15) is 0 Å². The van der Waals surface area contributed by atoms with Crippen molar-refractivity contribution in [3.05, 3.63) is 35.4 Å². The first-order chi connectivity index (χ1) is 9.52. The molecule has 0 aliphatic heterocycles. The van der Waals surface area contributed by atoms with E-state index in [4.69, 9.17) is 10.2 Å². The molecule has 1 unspecified atom stereocenters. The van der Waals surface area contributed by atoms with Crippen molar-refractivity contribution in [3.8, 4) is 0 Å². The van der Waals surface area contributed by atoms with Crippen LogP contribution in [0, 0.1) is 0 Å². The Bertz CT molecular complexity index is 401. The fraction of sp³-hybridized carbons (Fsp3) is 0.562. The molecule has 3 N–H and O–H groups in total. The van der Waals surface area contributed by atoms with Crippen LogP contribution in [0.4, 0.5) is 0 Å². The summed E-state index contributed by atoms with van der Waals surface area (Å²) in [6.45, 7) is 5.06. The third kappa shape index (κ3) is 6.17. The predicted octanol–water partition coefficient (Wildman–Crippen LogP) is 2.17. The van der Waals surface area contributed by atoms with E-state index in [0.29, 0.717) is 25.3 Å². The number of aliphatic hydroxyl groups excluding tert-OH is 1. The molecule has 0 saturated heterocycles. The average molecular weight is 279 g/mol. The van der Waals surface area contributed by atoms with E-state index in [1.807, 2.05) is 0 Å². The van der Waals surface area contributed by atoms with Gasteiger partial charge in [-0.15, -0.1) is 0 Å². The number of aliphatic carboxylic acids is 1. The molecule has 20 heavy (non-hydrogen) atoms. The summed E-state index contributed by atoms with van der Waals surface area (Å²) in [7, 11) is 0. The molecule has 4 nitrogen and oxygen atoms in total. The summed E-state index contributed by atoms with van der Waals surface area (Å²) >= 11 is 0. The summed E-state index contributed by atoms with van der Waals surface area (Å²) < 4.78 is 0. The van der Waals surface area contributed by atoms with Crippen LogP contribution in [0.25, 0.3) is 0 Å². The zero-order chi connectivity index (χ0) is 15.0. The van der Waals surface area contributed by atoms with Gasteiger partial charge >= 0.3 is 5.97 Å². The van der Waals surface area contributed by atoms with Crippen molar-refractivity contribution in [3.63, 3.8) is 0 Å². The zero-order valence-corrected chi connectivity index (χ0v) is 12.3. The lowest BCUT2D eigenvalue weighted by atomic mass is 9.98. The maximum Gasteiger partial charge on any atom is 0.304 e. The fourth-order valence-electron chi connectivity index (χ4n) is 2.14. The van der Waals surface area contributed by atoms with Crippen LogP contribution in [0.1, 0.15) is 43.7 Å². The molecule has 0 aliphatic carbocycles. The zero-order valence-electron chi connectivity index (χ0n) is 12.3. The minimum absolute atomic E-state index is 0.0936. The Morgan fingerprint density at radius 2 is 1.90 bits per heavy atom. The SMILES string of the molecule is CC(C)c1ccc(CC(CC(=O)O)NCCCO)cc1. The van der Waals surface area contributed by atoms with E-state index in [0.717, 1.165) is 5.56 Å². The van der Waals surface area contributed by atoms with Crippen LogP contribution in [0.15, 0.2) is 24.3 Å². The van der Waals surface area contributed by atoms with Gasteiger partial charge in [-0.3, -0.25) is 4.79 Å². The first-order valence-electron chi connectivity index (χ1n) is 7.17. The molecule has 0 radical (unpaired) electrons. The molecule has 1 aromatic carbocycles. The maximum absolute atomic E-state index is 10.9. The quantitative estimate of drug-likeness (QED) is 0.606. The minimum Gasteiger partial charge on any atom is -0.481 e. The molecule has 0 aliphatic rings. The summed E-state index contributed by atoms with van der Waals surface area (Å²) in [6, 6.07) is 8.25. The molecule has 0 fully saturated rings. The monoisotopic (exact) mass is 279 g/mol. The summed E-state index contributed by atoms with van der Waals surface area (Å²) in [5.74, 6) is -0.299. The number of hydrogen-bond donors (Lipinski definition) is 3. The Labute approximate surface area is 120 Å². The molecule has 0 heterocycles. The number of carboxylic acid groups (broad SMARTS) is 1. The number of nitrogens with one attached hydrogen (secondary N) is 1. The van der Waals surface area contributed by atoms with Crippen molar-refractivity contribution < 1.29 is 15.0 Å².